The summed E-state index contributed by atoms with van der Waals surface area (Å²) in [6.07, 6.45) is 38.9. The number of carbonyl (C=O) groups is 4. The van der Waals surface area contributed by atoms with Crippen LogP contribution in [0, 0.1) is 17.8 Å². The lowest BCUT2D eigenvalue weighted by molar-refractivity contribution is -0.161. The molecule has 85 heavy (non-hydrogen) atoms. The Balaban J connectivity index is 5.25. The largest absolute Gasteiger partial charge is 0.472 e. The number of esters is 4. The van der Waals surface area contributed by atoms with Crippen LogP contribution in [-0.2, 0) is 65.4 Å². The minimum atomic E-state index is -4.95. The van der Waals surface area contributed by atoms with Crippen molar-refractivity contribution < 1.29 is 80.2 Å². The number of aliphatic hydroxyl groups excluding tert-OH is 1. The van der Waals surface area contributed by atoms with Crippen LogP contribution >= 0.6 is 15.6 Å². The maximum atomic E-state index is 13.0. The van der Waals surface area contributed by atoms with Crippen LogP contribution in [0.4, 0.5) is 0 Å². The molecule has 0 spiro atoms. The number of hydrogen-bond donors (Lipinski definition) is 3. The van der Waals surface area contributed by atoms with E-state index in [0.29, 0.717) is 31.6 Å². The number of carbonyl (C=O) groups excluding carboxylic acids is 4. The second kappa shape index (κ2) is 57.2. The Morgan fingerprint density at radius 1 is 0.341 bits per heavy atom. The maximum absolute atomic E-state index is 13.0. The quantitative estimate of drug-likeness (QED) is 0.0222. The summed E-state index contributed by atoms with van der Waals surface area (Å²) in [7, 11) is -9.89. The molecule has 0 bridgehead atoms. The standard InChI is InChI=1S/C66H128O17P2/c1-8-10-11-12-13-17-26-33-40-47-63(68)76-54-62(83-66(71)50-43-36-29-22-24-31-38-45-58(5)6)56-81-85(74,75)79-52-60(67)51-78-84(72,73)80-55-61(53-77-64(69)48-41-34-27-21-20-25-32-39-46-59(7)9-2)82-65(70)49-42-35-28-19-16-14-15-18-23-30-37-44-57(3)4/h57-62,67H,8-56H2,1-7H3,(H,72,73)(H,74,75)/t59?,60-,61-,62-/m1/s1. The highest BCUT2D eigenvalue weighted by Gasteiger charge is 2.30. The average Bonchev–Trinajstić information content (AvgIpc) is 3.53. The zero-order chi connectivity index (χ0) is 63.1. The van der Waals surface area contributed by atoms with Gasteiger partial charge in [0.2, 0.25) is 0 Å². The molecule has 17 nitrogen and oxygen atoms in total. The topological polar surface area (TPSA) is 237 Å². The fraction of sp³-hybridized carbons (Fsp3) is 0.939. The first-order chi connectivity index (χ1) is 40.8. The van der Waals surface area contributed by atoms with Crippen molar-refractivity contribution in [2.24, 2.45) is 17.8 Å². The summed E-state index contributed by atoms with van der Waals surface area (Å²) in [6, 6.07) is 0. The summed E-state index contributed by atoms with van der Waals surface area (Å²) in [5.74, 6) is 0.103. The molecule has 0 rings (SSSR count). The summed E-state index contributed by atoms with van der Waals surface area (Å²) in [6.45, 7) is 11.7. The number of rotatable bonds is 64. The third kappa shape index (κ3) is 59.5. The number of phosphoric acid groups is 2. The molecule has 0 saturated heterocycles. The lowest BCUT2D eigenvalue weighted by Crippen LogP contribution is -2.30. The predicted molar refractivity (Wildman–Crippen MR) is 340 cm³/mol. The van der Waals surface area contributed by atoms with Crippen LogP contribution in [0.15, 0.2) is 0 Å². The Morgan fingerprint density at radius 2 is 0.600 bits per heavy atom. The third-order valence-corrected chi connectivity index (χ3v) is 17.4. The van der Waals surface area contributed by atoms with Crippen molar-refractivity contribution in [3.8, 4) is 0 Å². The first-order valence-corrected chi connectivity index (χ1v) is 37.4. The van der Waals surface area contributed by atoms with E-state index in [4.69, 9.17) is 37.0 Å². The molecule has 6 atom stereocenters. The smallest absolute Gasteiger partial charge is 0.462 e. The maximum Gasteiger partial charge on any atom is 0.472 e. The highest BCUT2D eigenvalue weighted by Crippen LogP contribution is 2.45. The summed E-state index contributed by atoms with van der Waals surface area (Å²) in [5.41, 5.74) is 0. The number of unbranched alkanes of at least 4 members (excludes halogenated alkanes) is 31. The van der Waals surface area contributed by atoms with Crippen LogP contribution in [-0.4, -0.2) is 96.7 Å². The Hall–Kier alpha value is -1.94. The Bertz CT molecular complexity index is 1680. The van der Waals surface area contributed by atoms with Gasteiger partial charge in [0.15, 0.2) is 12.2 Å². The molecule has 0 aliphatic rings. The molecule has 0 aromatic heterocycles. The molecule has 19 heteroatoms. The Kier molecular flexibility index (Phi) is 55.9. The number of hydrogen-bond acceptors (Lipinski definition) is 15. The molecular formula is C66H128O17P2. The van der Waals surface area contributed by atoms with Crippen molar-refractivity contribution in [3.63, 3.8) is 0 Å². The summed E-state index contributed by atoms with van der Waals surface area (Å²) >= 11 is 0. The van der Waals surface area contributed by atoms with Gasteiger partial charge in [-0.25, -0.2) is 9.13 Å². The van der Waals surface area contributed by atoms with Crippen LogP contribution in [0.1, 0.15) is 325 Å². The molecule has 504 valence electrons. The molecule has 3 N–H and O–H groups in total. The molecule has 0 radical (unpaired) electrons. The van der Waals surface area contributed by atoms with Crippen molar-refractivity contribution >= 4 is 39.5 Å². The fourth-order valence-corrected chi connectivity index (χ4v) is 11.4. The van der Waals surface area contributed by atoms with E-state index in [0.717, 1.165) is 102 Å². The van der Waals surface area contributed by atoms with E-state index >= 15 is 0 Å². The van der Waals surface area contributed by atoms with E-state index in [-0.39, 0.29) is 25.7 Å². The summed E-state index contributed by atoms with van der Waals surface area (Å²) in [5, 5.41) is 10.5. The van der Waals surface area contributed by atoms with Gasteiger partial charge in [-0.3, -0.25) is 37.3 Å². The van der Waals surface area contributed by atoms with E-state index in [1.54, 1.807) is 0 Å². The third-order valence-electron chi connectivity index (χ3n) is 15.5. The zero-order valence-corrected chi connectivity index (χ0v) is 56.9. The Morgan fingerprint density at radius 3 is 0.894 bits per heavy atom. The van der Waals surface area contributed by atoms with Gasteiger partial charge < -0.3 is 33.8 Å². The Labute approximate surface area is 517 Å². The second-order valence-corrected chi connectivity index (χ2v) is 28.0. The minimum absolute atomic E-state index is 0.103. The molecule has 0 heterocycles. The van der Waals surface area contributed by atoms with E-state index in [1.165, 1.54) is 135 Å². The van der Waals surface area contributed by atoms with Gasteiger partial charge in [-0.1, -0.05) is 273 Å². The van der Waals surface area contributed by atoms with E-state index in [9.17, 15) is 43.2 Å². The molecule has 0 fully saturated rings. The van der Waals surface area contributed by atoms with Crippen LogP contribution in [0.3, 0.4) is 0 Å². The van der Waals surface area contributed by atoms with Crippen molar-refractivity contribution in [2.75, 3.05) is 39.6 Å². The van der Waals surface area contributed by atoms with Crippen LogP contribution in [0.5, 0.6) is 0 Å². The van der Waals surface area contributed by atoms with Crippen LogP contribution < -0.4 is 0 Å². The zero-order valence-electron chi connectivity index (χ0n) is 55.1. The highest BCUT2D eigenvalue weighted by atomic mass is 31.2. The van der Waals surface area contributed by atoms with Gasteiger partial charge in [-0.05, 0) is 43.4 Å². The summed E-state index contributed by atoms with van der Waals surface area (Å²) < 4.78 is 68.1. The normalized spacial score (nSPS) is 14.6. The van der Waals surface area contributed by atoms with Crippen molar-refractivity contribution in [2.45, 2.75) is 343 Å². The first-order valence-electron chi connectivity index (χ1n) is 34.4. The van der Waals surface area contributed by atoms with Gasteiger partial charge in [0.1, 0.15) is 19.3 Å². The van der Waals surface area contributed by atoms with E-state index < -0.39 is 97.5 Å². The molecule has 0 amide bonds. The lowest BCUT2D eigenvalue weighted by Gasteiger charge is -2.21. The van der Waals surface area contributed by atoms with E-state index in [2.05, 4.69) is 48.5 Å². The van der Waals surface area contributed by atoms with Crippen molar-refractivity contribution in [1.82, 2.24) is 0 Å². The van der Waals surface area contributed by atoms with Gasteiger partial charge in [0.05, 0.1) is 26.4 Å². The lowest BCUT2D eigenvalue weighted by atomic mass is 9.99. The molecule has 3 unspecified atom stereocenters. The molecule has 0 aromatic carbocycles. The SMILES string of the molecule is CCCCCCCCCCCC(=O)OC[C@H](COP(=O)(O)OC[C@H](O)COP(=O)(O)OC[C@@H](COC(=O)CCCCCCCCCCC(C)CC)OC(=O)CCCCCCCCCCCCCC(C)C)OC(=O)CCCCCCCCCC(C)C. The second-order valence-electron chi connectivity index (χ2n) is 25.1. The van der Waals surface area contributed by atoms with Crippen LogP contribution in [0.25, 0.3) is 0 Å². The van der Waals surface area contributed by atoms with Gasteiger partial charge in [-0.2, -0.15) is 0 Å². The van der Waals surface area contributed by atoms with Crippen LogP contribution in [0.2, 0.25) is 0 Å². The van der Waals surface area contributed by atoms with Gasteiger partial charge >= 0.3 is 39.5 Å². The van der Waals surface area contributed by atoms with Crippen molar-refractivity contribution in [3.05, 3.63) is 0 Å². The number of ether oxygens (including phenoxy) is 4. The monoisotopic (exact) mass is 1250 g/mol. The molecule has 0 aliphatic heterocycles. The van der Waals surface area contributed by atoms with Gasteiger partial charge in [0.25, 0.3) is 0 Å². The molecular weight excluding hydrogens is 1130 g/mol. The number of phosphoric ester groups is 2. The summed E-state index contributed by atoms with van der Waals surface area (Å²) in [4.78, 5) is 72.3. The minimum Gasteiger partial charge on any atom is -0.462 e. The van der Waals surface area contributed by atoms with E-state index in [1.807, 2.05) is 0 Å². The molecule has 0 aromatic rings. The first kappa shape index (κ1) is 83.1. The fourth-order valence-electron chi connectivity index (χ4n) is 9.80. The van der Waals surface area contributed by atoms with Gasteiger partial charge in [-0.15, -0.1) is 0 Å². The number of aliphatic hydroxyl groups is 1. The molecule has 0 aliphatic carbocycles. The average molecular weight is 1260 g/mol. The van der Waals surface area contributed by atoms with Crippen molar-refractivity contribution in [1.29, 1.82) is 0 Å². The highest BCUT2D eigenvalue weighted by molar-refractivity contribution is 7.47. The van der Waals surface area contributed by atoms with Gasteiger partial charge in [0, 0.05) is 25.7 Å². The molecule has 0 saturated carbocycles. The predicted octanol–water partition coefficient (Wildman–Crippen LogP) is 18.3.